The number of amides is 1. The zero-order valence-corrected chi connectivity index (χ0v) is 19.5. The number of ether oxygens (including phenoxy) is 1. The van der Waals surface area contributed by atoms with Gasteiger partial charge in [-0.05, 0) is 30.5 Å². The minimum atomic E-state index is -0.225. The second-order valence-electron chi connectivity index (χ2n) is 7.70. The Morgan fingerprint density at radius 3 is 2.70 bits per heavy atom. The topological polar surface area (TPSA) is 85.6 Å². The molecule has 0 aliphatic carbocycles. The van der Waals surface area contributed by atoms with Crippen LogP contribution in [0, 0.1) is 0 Å². The van der Waals surface area contributed by atoms with Crippen LogP contribution in [0.4, 0.5) is 5.69 Å². The zero-order valence-electron chi connectivity index (χ0n) is 18.7. The number of fused-ring (bicyclic) bond motifs is 1. The maximum absolute atomic E-state index is 12.8. The maximum Gasteiger partial charge on any atom is 0.275 e. The number of hydrogen-bond acceptors (Lipinski definition) is 6. The average molecular weight is 463 g/mol. The van der Waals surface area contributed by atoms with E-state index in [9.17, 15) is 9.59 Å². The van der Waals surface area contributed by atoms with Crippen LogP contribution < -0.4 is 15.6 Å². The number of carbonyl (C=O) groups excluding carboxylic acids is 1. The Morgan fingerprint density at radius 1 is 1.12 bits per heavy atom. The summed E-state index contributed by atoms with van der Waals surface area (Å²) in [6.45, 7) is 4.21. The number of rotatable bonds is 9. The van der Waals surface area contributed by atoms with Crippen molar-refractivity contribution in [2.24, 2.45) is 0 Å². The number of benzene rings is 2. The number of anilines is 1. The lowest BCUT2D eigenvalue weighted by Gasteiger charge is -2.16. The Balaban J connectivity index is 1.44. The van der Waals surface area contributed by atoms with Crippen molar-refractivity contribution in [1.82, 2.24) is 14.6 Å². The van der Waals surface area contributed by atoms with Gasteiger partial charge in [-0.1, -0.05) is 61.6 Å². The smallest absolute Gasteiger partial charge is 0.275 e. The van der Waals surface area contributed by atoms with Crippen molar-refractivity contribution >= 4 is 27.9 Å². The molecule has 4 rings (SSSR count). The number of aryl methyl sites for hydroxylation is 1. The molecule has 7 nitrogen and oxygen atoms in total. The Hall–Kier alpha value is -3.52. The summed E-state index contributed by atoms with van der Waals surface area (Å²) < 4.78 is 7.21. The van der Waals surface area contributed by atoms with Gasteiger partial charge in [-0.2, -0.15) is 9.61 Å². The van der Waals surface area contributed by atoms with E-state index in [2.05, 4.69) is 22.3 Å². The van der Waals surface area contributed by atoms with E-state index in [0.717, 1.165) is 23.4 Å². The molecule has 2 heterocycles. The molecular formula is C25H26N4O3S. The van der Waals surface area contributed by atoms with Crippen LogP contribution in [-0.2, 0) is 17.8 Å². The highest BCUT2D eigenvalue weighted by Crippen LogP contribution is 2.24. The molecule has 1 N–H and O–H groups in total. The molecule has 1 atom stereocenters. The summed E-state index contributed by atoms with van der Waals surface area (Å²) in [5.74, 6) is 0.296. The molecule has 4 aromatic rings. The van der Waals surface area contributed by atoms with Gasteiger partial charge < -0.3 is 10.1 Å². The minimum absolute atomic E-state index is 0.0610. The van der Waals surface area contributed by atoms with Crippen LogP contribution in [0.5, 0.6) is 5.75 Å². The summed E-state index contributed by atoms with van der Waals surface area (Å²) in [5.41, 5.74) is 1.96. The van der Waals surface area contributed by atoms with Gasteiger partial charge in [0.25, 0.3) is 5.56 Å². The van der Waals surface area contributed by atoms with Crippen molar-refractivity contribution in [1.29, 1.82) is 0 Å². The number of aromatic nitrogens is 3. The molecule has 0 unspecified atom stereocenters. The lowest BCUT2D eigenvalue weighted by atomic mass is 9.95. The number of nitrogens with zero attached hydrogens (tertiary/aromatic N) is 3. The first kappa shape index (κ1) is 22.7. The minimum Gasteiger partial charge on any atom is -0.487 e. The summed E-state index contributed by atoms with van der Waals surface area (Å²) in [7, 11) is 0. The van der Waals surface area contributed by atoms with Gasteiger partial charge in [0.15, 0.2) is 0 Å². The molecule has 0 saturated carbocycles. The fraction of sp³-hybridized carbons (Fsp3) is 0.280. The van der Waals surface area contributed by atoms with E-state index in [0.29, 0.717) is 28.5 Å². The summed E-state index contributed by atoms with van der Waals surface area (Å²) >= 11 is 1.42. The molecule has 0 spiro atoms. The van der Waals surface area contributed by atoms with Crippen molar-refractivity contribution in [2.45, 2.75) is 45.6 Å². The SMILES string of the molecule is CCCc1nn2c(=O)cc(COc3cccc(NC(=O)[C@@H](CC)c4ccccc4)c3)nc2s1. The number of hydrogen-bond donors (Lipinski definition) is 1. The predicted octanol–water partition coefficient (Wildman–Crippen LogP) is 4.81. The van der Waals surface area contributed by atoms with Gasteiger partial charge in [-0.3, -0.25) is 9.59 Å². The summed E-state index contributed by atoms with van der Waals surface area (Å²) in [4.78, 5) is 30.3. The average Bonchev–Trinajstić information content (AvgIpc) is 3.23. The fourth-order valence-electron chi connectivity index (χ4n) is 3.59. The molecule has 170 valence electrons. The van der Waals surface area contributed by atoms with Crippen LogP contribution in [-0.4, -0.2) is 20.5 Å². The van der Waals surface area contributed by atoms with Crippen LogP contribution in [0.2, 0.25) is 0 Å². The quantitative estimate of drug-likeness (QED) is 0.386. The molecule has 0 saturated heterocycles. The summed E-state index contributed by atoms with van der Waals surface area (Å²) in [6, 6.07) is 18.4. The molecule has 0 fully saturated rings. The third-order valence-electron chi connectivity index (χ3n) is 5.22. The molecule has 2 aromatic heterocycles. The lowest BCUT2D eigenvalue weighted by Crippen LogP contribution is -2.20. The van der Waals surface area contributed by atoms with Crippen LogP contribution in [0.25, 0.3) is 4.96 Å². The Labute approximate surface area is 196 Å². The fourth-order valence-corrected chi connectivity index (χ4v) is 4.61. The highest BCUT2D eigenvalue weighted by atomic mass is 32.1. The van der Waals surface area contributed by atoms with E-state index in [1.165, 1.54) is 21.9 Å². The monoisotopic (exact) mass is 462 g/mol. The van der Waals surface area contributed by atoms with Gasteiger partial charge in [0.1, 0.15) is 17.4 Å². The standard InChI is InChI=1S/C25H26N4O3S/c1-3-9-22-28-29-23(30)15-19(27-25(29)33-22)16-32-20-13-8-12-18(14-20)26-24(31)21(4-2)17-10-6-5-7-11-17/h5-8,10-15,21H,3-4,9,16H2,1-2H3,(H,26,31)/t21-/m0/s1. The van der Waals surface area contributed by atoms with Gasteiger partial charge >= 0.3 is 0 Å². The molecule has 33 heavy (non-hydrogen) atoms. The molecule has 1 amide bonds. The molecule has 0 bridgehead atoms. The van der Waals surface area contributed by atoms with E-state index in [1.807, 2.05) is 55.5 Å². The van der Waals surface area contributed by atoms with Crippen LogP contribution in [0.15, 0.2) is 65.5 Å². The van der Waals surface area contributed by atoms with E-state index in [-0.39, 0.29) is 24.0 Å². The lowest BCUT2D eigenvalue weighted by molar-refractivity contribution is -0.117. The van der Waals surface area contributed by atoms with E-state index < -0.39 is 0 Å². The van der Waals surface area contributed by atoms with Gasteiger partial charge in [0.05, 0.1) is 11.6 Å². The van der Waals surface area contributed by atoms with Gasteiger partial charge in [-0.15, -0.1) is 0 Å². The van der Waals surface area contributed by atoms with E-state index >= 15 is 0 Å². The predicted molar refractivity (Wildman–Crippen MR) is 130 cm³/mol. The Kier molecular flexibility index (Phi) is 7.14. The Bertz CT molecular complexity index is 1300. The third kappa shape index (κ3) is 5.46. The van der Waals surface area contributed by atoms with Crippen molar-refractivity contribution in [3.8, 4) is 5.75 Å². The highest BCUT2D eigenvalue weighted by molar-refractivity contribution is 7.16. The zero-order chi connectivity index (χ0) is 23.2. The number of carbonyl (C=O) groups is 1. The van der Waals surface area contributed by atoms with E-state index in [1.54, 1.807) is 6.07 Å². The van der Waals surface area contributed by atoms with E-state index in [4.69, 9.17) is 4.74 Å². The number of nitrogens with one attached hydrogen (secondary N) is 1. The molecule has 2 aromatic carbocycles. The summed E-state index contributed by atoms with van der Waals surface area (Å²) in [5, 5.41) is 8.20. The van der Waals surface area contributed by atoms with Crippen molar-refractivity contribution < 1.29 is 9.53 Å². The second kappa shape index (κ2) is 10.4. The van der Waals surface area contributed by atoms with Gasteiger partial charge in [0.2, 0.25) is 10.9 Å². The van der Waals surface area contributed by atoms with Crippen LogP contribution in [0.1, 0.15) is 48.9 Å². The molecule has 0 aliphatic heterocycles. The summed E-state index contributed by atoms with van der Waals surface area (Å²) in [6.07, 6.45) is 2.48. The van der Waals surface area contributed by atoms with Gasteiger partial charge in [0, 0.05) is 24.2 Å². The molecule has 8 heteroatoms. The molecule has 0 radical (unpaired) electrons. The first-order valence-corrected chi connectivity index (χ1v) is 11.9. The first-order valence-electron chi connectivity index (χ1n) is 11.0. The maximum atomic E-state index is 12.8. The third-order valence-corrected chi connectivity index (χ3v) is 6.19. The largest absolute Gasteiger partial charge is 0.487 e. The highest BCUT2D eigenvalue weighted by Gasteiger charge is 2.18. The second-order valence-corrected chi connectivity index (χ2v) is 8.74. The van der Waals surface area contributed by atoms with Crippen molar-refractivity contribution in [2.75, 3.05) is 5.32 Å². The van der Waals surface area contributed by atoms with Crippen molar-refractivity contribution in [3.05, 3.63) is 87.3 Å². The molecular weight excluding hydrogens is 436 g/mol. The Morgan fingerprint density at radius 2 is 1.94 bits per heavy atom. The molecule has 0 aliphatic rings. The first-order chi connectivity index (χ1) is 16.1. The normalized spacial score (nSPS) is 11.9. The van der Waals surface area contributed by atoms with Gasteiger partial charge in [-0.25, -0.2) is 4.98 Å². The van der Waals surface area contributed by atoms with Crippen LogP contribution >= 0.6 is 11.3 Å². The van der Waals surface area contributed by atoms with Crippen LogP contribution in [0.3, 0.4) is 0 Å². The van der Waals surface area contributed by atoms with Crippen molar-refractivity contribution in [3.63, 3.8) is 0 Å².